The molecule has 4 aromatic rings. The molecule has 0 heterocycles. The van der Waals surface area contributed by atoms with Gasteiger partial charge in [0, 0.05) is 0 Å². The van der Waals surface area contributed by atoms with Crippen LogP contribution in [0, 0.1) is 36.0 Å². The summed E-state index contributed by atoms with van der Waals surface area (Å²) < 4.78 is 69.4. The minimum atomic E-state index is -1.69. The van der Waals surface area contributed by atoms with E-state index < -0.39 is 40.2 Å². The molecule has 0 aliphatic carbocycles. The second-order valence-corrected chi connectivity index (χ2v) is 7.01. The zero-order chi connectivity index (χ0) is 21.4. The molecule has 0 nitrogen and oxygen atoms in total. The summed E-state index contributed by atoms with van der Waals surface area (Å²) in [5.41, 5.74) is 2.92. The molecule has 0 amide bonds. The van der Waals surface area contributed by atoms with E-state index in [1.165, 1.54) is 0 Å². The Bertz CT molecular complexity index is 1180. The quantitative estimate of drug-likeness (QED) is 0.240. The smallest absolute Gasteiger partial charge is 0.194 e. The number of hydrogen-bond acceptors (Lipinski definition) is 0. The van der Waals surface area contributed by atoms with Gasteiger partial charge in [0.05, 0.1) is 5.56 Å². The minimum absolute atomic E-state index is 0.271. The molecule has 0 radical (unpaired) electrons. The van der Waals surface area contributed by atoms with Crippen LogP contribution in [0.25, 0.3) is 33.4 Å². The first-order valence-corrected chi connectivity index (χ1v) is 9.15. The number of rotatable bonds is 3. The van der Waals surface area contributed by atoms with Crippen molar-refractivity contribution in [2.75, 3.05) is 0 Å². The monoisotopic (exact) mass is 410 g/mol. The van der Waals surface area contributed by atoms with Gasteiger partial charge in [-0.15, -0.1) is 0 Å². The highest BCUT2D eigenvalue weighted by Crippen LogP contribution is 2.33. The average molecular weight is 410 g/mol. The van der Waals surface area contributed by atoms with Gasteiger partial charge >= 0.3 is 0 Å². The summed E-state index contributed by atoms with van der Waals surface area (Å²) in [5.74, 6) is -6.72. The average Bonchev–Trinajstić information content (AvgIpc) is 2.72. The standard InChI is InChI=1S/C25H15F5/c1-14-2-4-15(5-3-14)16-6-8-17(9-7-16)18-10-20(26)24(21(27)11-18)19-12-22(28)25(30)23(29)13-19/h2-13H,1H3. The fourth-order valence-corrected chi connectivity index (χ4v) is 3.32. The Morgan fingerprint density at radius 2 is 0.800 bits per heavy atom. The number of aryl methyl sites for hydroxylation is 1. The Morgan fingerprint density at radius 1 is 0.433 bits per heavy atom. The maximum atomic E-state index is 14.6. The summed E-state index contributed by atoms with van der Waals surface area (Å²) >= 11 is 0. The SMILES string of the molecule is Cc1ccc(-c2ccc(-c3cc(F)c(-c4cc(F)c(F)c(F)c4)c(F)c3)cc2)cc1. The highest BCUT2D eigenvalue weighted by molar-refractivity contribution is 5.74. The summed E-state index contributed by atoms with van der Waals surface area (Å²) in [6.45, 7) is 1.99. The molecule has 0 fully saturated rings. The second kappa shape index (κ2) is 7.75. The first-order chi connectivity index (χ1) is 14.3. The van der Waals surface area contributed by atoms with E-state index in [-0.39, 0.29) is 5.56 Å². The molecule has 0 atom stereocenters. The highest BCUT2D eigenvalue weighted by Gasteiger charge is 2.18. The van der Waals surface area contributed by atoms with Gasteiger partial charge in [-0.05, 0) is 59.0 Å². The third-order valence-corrected chi connectivity index (χ3v) is 4.92. The summed E-state index contributed by atoms with van der Waals surface area (Å²) in [6, 6.07) is 18.4. The molecule has 0 saturated carbocycles. The molecule has 0 aliphatic rings. The van der Waals surface area contributed by atoms with Crippen molar-refractivity contribution < 1.29 is 22.0 Å². The van der Waals surface area contributed by atoms with Crippen LogP contribution < -0.4 is 0 Å². The van der Waals surface area contributed by atoms with Gasteiger partial charge in [-0.1, -0.05) is 54.1 Å². The molecular formula is C25H15F5. The number of hydrogen-bond donors (Lipinski definition) is 0. The van der Waals surface area contributed by atoms with Crippen molar-refractivity contribution in [1.82, 2.24) is 0 Å². The Hall–Kier alpha value is -3.47. The van der Waals surface area contributed by atoms with Crippen molar-refractivity contribution in [2.24, 2.45) is 0 Å². The van der Waals surface area contributed by atoms with E-state index in [9.17, 15) is 22.0 Å². The van der Waals surface area contributed by atoms with E-state index in [2.05, 4.69) is 0 Å². The lowest BCUT2D eigenvalue weighted by Gasteiger charge is -2.10. The van der Waals surface area contributed by atoms with Gasteiger partial charge in [0.2, 0.25) is 0 Å². The van der Waals surface area contributed by atoms with Crippen LogP contribution in [0.2, 0.25) is 0 Å². The molecular weight excluding hydrogens is 395 g/mol. The fraction of sp³-hybridized carbons (Fsp3) is 0.0400. The molecule has 0 unspecified atom stereocenters. The summed E-state index contributed by atoms with van der Waals surface area (Å²) in [4.78, 5) is 0. The predicted molar refractivity (Wildman–Crippen MR) is 107 cm³/mol. The Kier molecular flexibility index (Phi) is 5.12. The van der Waals surface area contributed by atoms with Crippen LogP contribution in [0.3, 0.4) is 0 Å². The van der Waals surface area contributed by atoms with E-state index in [0.29, 0.717) is 17.7 Å². The zero-order valence-corrected chi connectivity index (χ0v) is 15.8. The van der Waals surface area contributed by atoms with E-state index in [0.717, 1.165) is 28.8 Å². The van der Waals surface area contributed by atoms with Gasteiger partial charge in [0.25, 0.3) is 0 Å². The predicted octanol–water partition coefficient (Wildman–Crippen LogP) is 7.69. The summed E-state index contributed by atoms with van der Waals surface area (Å²) in [7, 11) is 0. The number of halogens is 5. The fourth-order valence-electron chi connectivity index (χ4n) is 3.32. The molecule has 0 bridgehead atoms. The lowest BCUT2D eigenvalue weighted by molar-refractivity contribution is 0.447. The van der Waals surface area contributed by atoms with Crippen LogP contribution in [-0.2, 0) is 0 Å². The maximum Gasteiger partial charge on any atom is 0.194 e. The third-order valence-electron chi connectivity index (χ3n) is 4.92. The van der Waals surface area contributed by atoms with Gasteiger partial charge in [-0.25, -0.2) is 22.0 Å². The van der Waals surface area contributed by atoms with Crippen molar-refractivity contribution in [1.29, 1.82) is 0 Å². The third kappa shape index (κ3) is 3.71. The minimum Gasteiger partial charge on any atom is -0.206 e. The Morgan fingerprint density at radius 3 is 1.27 bits per heavy atom. The van der Waals surface area contributed by atoms with Crippen molar-refractivity contribution in [3.05, 3.63) is 107 Å². The first kappa shape index (κ1) is 19.8. The molecule has 0 aromatic heterocycles. The lowest BCUT2D eigenvalue weighted by Crippen LogP contribution is -1.97. The lowest BCUT2D eigenvalue weighted by atomic mass is 9.96. The zero-order valence-electron chi connectivity index (χ0n) is 15.8. The Balaban J connectivity index is 1.70. The van der Waals surface area contributed by atoms with Gasteiger partial charge in [-0.3, -0.25) is 0 Å². The second-order valence-electron chi connectivity index (χ2n) is 7.01. The van der Waals surface area contributed by atoms with Crippen molar-refractivity contribution in [2.45, 2.75) is 6.92 Å². The van der Waals surface area contributed by atoms with E-state index in [1.807, 2.05) is 43.3 Å². The van der Waals surface area contributed by atoms with Gasteiger partial charge in [0.15, 0.2) is 17.5 Å². The van der Waals surface area contributed by atoms with E-state index in [4.69, 9.17) is 0 Å². The first-order valence-electron chi connectivity index (χ1n) is 9.15. The van der Waals surface area contributed by atoms with Crippen LogP contribution >= 0.6 is 0 Å². The Labute approximate surface area is 170 Å². The number of benzene rings is 4. The molecule has 0 spiro atoms. The molecule has 30 heavy (non-hydrogen) atoms. The largest absolute Gasteiger partial charge is 0.206 e. The van der Waals surface area contributed by atoms with Crippen molar-refractivity contribution in [3.8, 4) is 33.4 Å². The van der Waals surface area contributed by atoms with Gasteiger partial charge < -0.3 is 0 Å². The van der Waals surface area contributed by atoms with Gasteiger partial charge in [-0.2, -0.15) is 0 Å². The van der Waals surface area contributed by atoms with Crippen LogP contribution in [0.4, 0.5) is 22.0 Å². The molecule has 0 N–H and O–H groups in total. The normalized spacial score (nSPS) is 11.0. The molecule has 4 aromatic carbocycles. The maximum absolute atomic E-state index is 14.6. The van der Waals surface area contributed by atoms with Crippen LogP contribution in [-0.4, -0.2) is 0 Å². The van der Waals surface area contributed by atoms with Crippen LogP contribution in [0.15, 0.2) is 72.8 Å². The summed E-state index contributed by atoms with van der Waals surface area (Å²) in [6.07, 6.45) is 0. The van der Waals surface area contributed by atoms with Crippen molar-refractivity contribution in [3.63, 3.8) is 0 Å². The van der Waals surface area contributed by atoms with Crippen LogP contribution in [0.1, 0.15) is 5.56 Å². The summed E-state index contributed by atoms with van der Waals surface area (Å²) in [5, 5.41) is 0. The van der Waals surface area contributed by atoms with E-state index >= 15 is 0 Å². The highest BCUT2D eigenvalue weighted by atomic mass is 19.2. The molecule has 150 valence electrons. The topological polar surface area (TPSA) is 0 Å². The molecule has 0 saturated heterocycles. The van der Waals surface area contributed by atoms with E-state index in [1.54, 1.807) is 12.1 Å². The molecule has 4 rings (SSSR count). The van der Waals surface area contributed by atoms with Gasteiger partial charge in [0.1, 0.15) is 11.6 Å². The molecule has 5 heteroatoms. The molecule has 0 aliphatic heterocycles. The van der Waals surface area contributed by atoms with Crippen LogP contribution in [0.5, 0.6) is 0 Å². The van der Waals surface area contributed by atoms with Crippen molar-refractivity contribution >= 4 is 0 Å².